The fraction of sp³-hybridized carbons (Fsp3) is 0.353. The third-order valence-corrected chi connectivity index (χ3v) is 4.84. The van der Waals surface area contributed by atoms with Crippen molar-refractivity contribution in [3.05, 3.63) is 53.7 Å². The highest BCUT2D eigenvalue weighted by Gasteiger charge is 2.16. The Labute approximate surface area is 117 Å². The lowest BCUT2D eigenvalue weighted by molar-refractivity contribution is -0.660. The Bertz CT molecular complexity index is 582. The zero-order valence-electron chi connectivity index (χ0n) is 12.7. The monoisotopic (exact) mass is 270 g/mol. The van der Waals surface area contributed by atoms with Gasteiger partial charge in [0.1, 0.15) is 7.05 Å². The summed E-state index contributed by atoms with van der Waals surface area (Å²) in [6, 6.07) is 14.6. The topological polar surface area (TPSA) is 3.88 Å². The number of hydrogen-bond donors (Lipinski definition) is 0. The third-order valence-electron chi connectivity index (χ3n) is 3.37. The van der Waals surface area contributed by atoms with E-state index >= 15 is 0 Å². The molecule has 0 aliphatic heterocycles. The van der Waals surface area contributed by atoms with E-state index in [1.54, 1.807) is 0 Å². The van der Waals surface area contributed by atoms with Crippen molar-refractivity contribution < 1.29 is 4.57 Å². The number of rotatable bonds is 3. The fourth-order valence-corrected chi connectivity index (χ4v) is 3.92. The molecule has 0 N–H and O–H groups in total. The molecule has 0 fully saturated rings. The van der Waals surface area contributed by atoms with Gasteiger partial charge in [0.25, 0.3) is 0 Å². The molecule has 0 saturated heterocycles. The normalized spacial score (nSPS) is 11.6. The number of aryl methyl sites for hydroxylation is 2. The summed E-state index contributed by atoms with van der Waals surface area (Å²) in [5.41, 5.74) is 5.47. The minimum absolute atomic E-state index is 1.06. The standard InChI is InChI=1S/C17H24NSi/c1-14-9-10-15(13-19(3,4)5)12-16(14)17-8-6-7-11-18(17)2/h6-12H,13H2,1-5H3/q+1. The van der Waals surface area contributed by atoms with Gasteiger partial charge in [-0.2, -0.15) is 0 Å². The van der Waals surface area contributed by atoms with Crippen LogP contribution in [0.2, 0.25) is 19.6 Å². The van der Waals surface area contributed by atoms with Gasteiger partial charge in [-0.05, 0) is 36.2 Å². The van der Waals surface area contributed by atoms with E-state index in [0.29, 0.717) is 0 Å². The average Bonchev–Trinajstić information content (AvgIpc) is 2.31. The Hall–Kier alpha value is -1.41. The first-order chi connectivity index (χ1) is 8.87. The lowest BCUT2D eigenvalue weighted by Gasteiger charge is -2.16. The Morgan fingerprint density at radius 1 is 1.05 bits per heavy atom. The van der Waals surface area contributed by atoms with Crippen molar-refractivity contribution in [2.75, 3.05) is 0 Å². The summed E-state index contributed by atoms with van der Waals surface area (Å²) in [6.45, 7) is 9.47. The maximum atomic E-state index is 2.43. The first kappa shape index (κ1) is 14.0. The first-order valence-corrected chi connectivity index (χ1v) is 10.6. The van der Waals surface area contributed by atoms with Gasteiger partial charge in [0.2, 0.25) is 5.69 Å². The van der Waals surface area contributed by atoms with Crippen LogP contribution in [0.15, 0.2) is 42.6 Å². The highest BCUT2D eigenvalue weighted by molar-refractivity contribution is 6.75. The van der Waals surface area contributed by atoms with Crippen LogP contribution in [0.4, 0.5) is 0 Å². The summed E-state index contributed by atoms with van der Waals surface area (Å²) in [5, 5.41) is 0. The van der Waals surface area contributed by atoms with Gasteiger partial charge < -0.3 is 0 Å². The molecule has 1 heterocycles. The van der Waals surface area contributed by atoms with Gasteiger partial charge in [0.05, 0.1) is 0 Å². The molecule has 0 aliphatic carbocycles. The molecule has 0 saturated carbocycles. The quantitative estimate of drug-likeness (QED) is 0.588. The highest BCUT2D eigenvalue weighted by atomic mass is 28.3. The van der Waals surface area contributed by atoms with Crippen LogP contribution in [-0.2, 0) is 13.1 Å². The van der Waals surface area contributed by atoms with E-state index in [1.165, 1.54) is 28.4 Å². The molecule has 0 amide bonds. The fourth-order valence-electron chi connectivity index (χ4n) is 2.47. The summed E-state index contributed by atoms with van der Waals surface area (Å²) < 4.78 is 2.20. The summed E-state index contributed by atoms with van der Waals surface area (Å²) in [4.78, 5) is 0. The Morgan fingerprint density at radius 2 is 1.79 bits per heavy atom. The average molecular weight is 270 g/mol. The number of hydrogen-bond acceptors (Lipinski definition) is 0. The largest absolute Gasteiger partial charge is 0.212 e. The molecule has 0 aliphatic rings. The van der Waals surface area contributed by atoms with Gasteiger partial charge in [-0.25, -0.2) is 4.57 Å². The van der Waals surface area contributed by atoms with Crippen LogP contribution in [0, 0.1) is 6.92 Å². The second-order valence-electron chi connectivity index (χ2n) is 6.58. The third kappa shape index (κ3) is 3.54. The molecule has 0 radical (unpaired) electrons. The van der Waals surface area contributed by atoms with Gasteiger partial charge in [0.15, 0.2) is 6.20 Å². The van der Waals surface area contributed by atoms with Crippen LogP contribution < -0.4 is 4.57 Å². The molecule has 1 nitrogen and oxygen atoms in total. The van der Waals surface area contributed by atoms with Crippen molar-refractivity contribution in [3.63, 3.8) is 0 Å². The zero-order valence-corrected chi connectivity index (χ0v) is 13.7. The molecule has 0 unspecified atom stereocenters. The van der Waals surface area contributed by atoms with E-state index < -0.39 is 8.07 Å². The van der Waals surface area contributed by atoms with Crippen molar-refractivity contribution in [1.82, 2.24) is 0 Å². The minimum Gasteiger partial charge on any atom is -0.201 e. The number of benzene rings is 1. The molecule has 1 aromatic carbocycles. The lowest BCUT2D eigenvalue weighted by atomic mass is 10.0. The molecule has 1 aromatic heterocycles. The maximum absolute atomic E-state index is 2.43. The van der Waals surface area contributed by atoms with Crippen molar-refractivity contribution in [1.29, 1.82) is 0 Å². The molecule has 0 bridgehead atoms. The van der Waals surface area contributed by atoms with E-state index in [2.05, 4.69) is 80.8 Å². The Balaban J connectivity index is 2.46. The summed E-state index contributed by atoms with van der Waals surface area (Å²) >= 11 is 0. The van der Waals surface area contributed by atoms with Gasteiger partial charge >= 0.3 is 0 Å². The molecule has 2 rings (SSSR count). The van der Waals surface area contributed by atoms with Gasteiger partial charge in [0, 0.05) is 25.8 Å². The molecular formula is C17H24NSi+. The SMILES string of the molecule is Cc1ccc(C[Si](C)(C)C)cc1-c1cccc[n+]1C. The predicted molar refractivity (Wildman–Crippen MR) is 84.8 cm³/mol. The van der Waals surface area contributed by atoms with Gasteiger partial charge in [-0.15, -0.1) is 0 Å². The molecule has 2 heteroatoms. The van der Waals surface area contributed by atoms with Crippen LogP contribution in [0.1, 0.15) is 11.1 Å². The number of nitrogens with zero attached hydrogens (tertiary/aromatic N) is 1. The highest BCUT2D eigenvalue weighted by Crippen LogP contribution is 2.23. The Kier molecular flexibility index (Phi) is 3.90. The first-order valence-electron chi connectivity index (χ1n) is 6.91. The number of aromatic nitrogens is 1. The smallest absolute Gasteiger partial charge is 0.201 e. The maximum Gasteiger partial charge on any atom is 0.212 e. The molecular weight excluding hydrogens is 246 g/mol. The van der Waals surface area contributed by atoms with E-state index in [4.69, 9.17) is 0 Å². The van der Waals surface area contributed by atoms with Crippen molar-refractivity contribution in [2.24, 2.45) is 7.05 Å². The number of pyridine rings is 1. The summed E-state index contributed by atoms with van der Waals surface area (Å²) in [5.74, 6) is 0. The Morgan fingerprint density at radius 3 is 2.42 bits per heavy atom. The van der Waals surface area contributed by atoms with Gasteiger partial charge in [-0.3, -0.25) is 0 Å². The van der Waals surface area contributed by atoms with Gasteiger partial charge in [-0.1, -0.05) is 31.8 Å². The van der Waals surface area contributed by atoms with Crippen LogP contribution in [0.5, 0.6) is 0 Å². The molecule has 0 atom stereocenters. The van der Waals surface area contributed by atoms with E-state index in [9.17, 15) is 0 Å². The molecule has 19 heavy (non-hydrogen) atoms. The molecule has 100 valence electrons. The molecule has 2 aromatic rings. The van der Waals surface area contributed by atoms with Crippen LogP contribution in [0.25, 0.3) is 11.3 Å². The minimum atomic E-state index is -1.06. The van der Waals surface area contributed by atoms with Crippen LogP contribution >= 0.6 is 0 Å². The second kappa shape index (κ2) is 5.30. The lowest BCUT2D eigenvalue weighted by Crippen LogP contribution is -2.30. The molecule has 0 spiro atoms. The van der Waals surface area contributed by atoms with Crippen LogP contribution in [0.3, 0.4) is 0 Å². The summed E-state index contributed by atoms with van der Waals surface area (Å²) in [7, 11) is 1.05. The van der Waals surface area contributed by atoms with Crippen molar-refractivity contribution >= 4 is 8.07 Å². The zero-order chi connectivity index (χ0) is 14.0. The van der Waals surface area contributed by atoms with Crippen molar-refractivity contribution in [3.8, 4) is 11.3 Å². The van der Waals surface area contributed by atoms with E-state index in [1.807, 2.05) is 0 Å². The van der Waals surface area contributed by atoms with E-state index in [-0.39, 0.29) is 0 Å². The second-order valence-corrected chi connectivity index (χ2v) is 12.1. The summed E-state index contributed by atoms with van der Waals surface area (Å²) in [6.07, 6.45) is 2.11. The predicted octanol–water partition coefficient (Wildman–Crippen LogP) is 3.91. The van der Waals surface area contributed by atoms with Crippen LogP contribution in [-0.4, -0.2) is 8.07 Å². The van der Waals surface area contributed by atoms with Crippen molar-refractivity contribution in [2.45, 2.75) is 32.6 Å². The van der Waals surface area contributed by atoms with E-state index in [0.717, 1.165) is 0 Å².